The summed E-state index contributed by atoms with van der Waals surface area (Å²) in [6.45, 7) is 4.41. The van der Waals surface area contributed by atoms with Crippen LogP contribution in [0.2, 0.25) is 0 Å². The molecule has 0 aliphatic rings. The molecule has 1 aromatic rings. The van der Waals surface area contributed by atoms with Gasteiger partial charge in [-0.05, 0) is 30.8 Å². The van der Waals surface area contributed by atoms with Crippen LogP contribution < -0.4 is 16.0 Å². The van der Waals surface area contributed by atoms with Crippen LogP contribution in [-0.4, -0.2) is 26.0 Å². The van der Waals surface area contributed by atoms with Crippen LogP contribution in [0.4, 0.5) is 11.4 Å². The summed E-state index contributed by atoms with van der Waals surface area (Å²) in [6.07, 6.45) is 0.836. The fraction of sp³-hybridized carbons (Fsp3) is 0.364. The Morgan fingerprint density at radius 2 is 2.07 bits per heavy atom. The summed E-state index contributed by atoms with van der Waals surface area (Å²) in [5.74, 6) is 0. The summed E-state index contributed by atoms with van der Waals surface area (Å²) in [7, 11) is 0. The van der Waals surface area contributed by atoms with E-state index >= 15 is 0 Å². The van der Waals surface area contributed by atoms with Gasteiger partial charge in [-0.15, -0.1) is 0 Å². The highest BCUT2D eigenvalue weighted by Crippen LogP contribution is 2.14. The first-order valence-corrected chi connectivity index (χ1v) is 5.06. The number of nitrogens with zero attached hydrogens (tertiary/aromatic N) is 1. The predicted molar refractivity (Wildman–Crippen MR) is 62.8 cm³/mol. The molecule has 3 N–H and O–H groups in total. The van der Waals surface area contributed by atoms with Gasteiger partial charge in [-0.3, -0.25) is 4.79 Å². The first kappa shape index (κ1) is 11.5. The Morgan fingerprint density at radius 1 is 1.40 bits per heavy atom. The minimum atomic E-state index is 0.668. The van der Waals surface area contributed by atoms with Crippen molar-refractivity contribution in [2.75, 3.05) is 30.3 Å². The third kappa shape index (κ3) is 3.59. The number of amides is 1. The van der Waals surface area contributed by atoms with Gasteiger partial charge >= 0.3 is 0 Å². The molecule has 0 unspecified atom stereocenters. The minimum Gasteiger partial charge on any atom is -0.399 e. The zero-order valence-corrected chi connectivity index (χ0v) is 8.94. The second kappa shape index (κ2) is 6.03. The number of likely N-dealkylation sites (N-methyl/N-ethyl adjacent to an activating group) is 1. The molecule has 4 nitrogen and oxygen atoms in total. The number of nitrogen functional groups attached to an aromatic ring is 1. The average Bonchev–Trinajstić information content (AvgIpc) is 2.26. The zero-order valence-electron chi connectivity index (χ0n) is 8.94. The van der Waals surface area contributed by atoms with Gasteiger partial charge in [-0.25, -0.2) is 0 Å². The van der Waals surface area contributed by atoms with Crippen LogP contribution in [0.15, 0.2) is 24.3 Å². The predicted octanol–water partition coefficient (Wildman–Crippen LogP) is 0.841. The van der Waals surface area contributed by atoms with Gasteiger partial charge in [0.1, 0.15) is 0 Å². The molecule has 0 fully saturated rings. The first-order valence-electron chi connectivity index (χ1n) is 5.06. The van der Waals surface area contributed by atoms with E-state index < -0.39 is 0 Å². The van der Waals surface area contributed by atoms with Crippen molar-refractivity contribution in [1.82, 2.24) is 5.32 Å². The number of nitrogens with two attached hydrogens (primary N) is 1. The highest BCUT2D eigenvalue weighted by atomic mass is 16.1. The normalized spacial score (nSPS) is 9.93. The number of rotatable bonds is 6. The summed E-state index contributed by atoms with van der Waals surface area (Å²) < 4.78 is 0. The number of hydrogen-bond acceptors (Lipinski definition) is 3. The van der Waals surface area contributed by atoms with Crippen molar-refractivity contribution >= 4 is 17.8 Å². The molecule has 0 bridgehead atoms. The highest BCUT2D eigenvalue weighted by Gasteiger charge is 2.03. The molecule has 0 heterocycles. The molecule has 0 saturated carbocycles. The lowest BCUT2D eigenvalue weighted by atomic mass is 10.2. The van der Waals surface area contributed by atoms with Crippen LogP contribution in [-0.2, 0) is 4.79 Å². The van der Waals surface area contributed by atoms with E-state index in [0.29, 0.717) is 12.2 Å². The molecular formula is C11H17N3O. The van der Waals surface area contributed by atoms with E-state index in [4.69, 9.17) is 5.73 Å². The minimum absolute atomic E-state index is 0.668. The van der Waals surface area contributed by atoms with Crippen LogP contribution >= 0.6 is 0 Å². The summed E-state index contributed by atoms with van der Waals surface area (Å²) in [5, 5.41) is 3.17. The summed E-state index contributed by atoms with van der Waals surface area (Å²) in [4.78, 5) is 12.5. The molecule has 0 saturated heterocycles. The smallest absolute Gasteiger partial charge is 0.214 e. The lowest BCUT2D eigenvalue weighted by molar-refractivity contribution is -0.107. The van der Waals surface area contributed by atoms with Gasteiger partial charge < -0.3 is 16.0 Å². The van der Waals surface area contributed by atoms with Gasteiger partial charge in [0.2, 0.25) is 6.41 Å². The number of carbonyl (C=O) groups is 1. The Labute approximate surface area is 90.1 Å². The molecule has 0 atom stereocenters. The monoisotopic (exact) mass is 207 g/mol. The fourth-order valence-electron chi connectivity index (χ4n) is 1.28. The van der Waals surface area contributed by atoms with Crippen molar-refractivity contribution in [3.05, 3.63) is 24.3 Å². The molecule has 0 aliphatic heterocycles. The quantitative estimate of drug-likeness (QED) is 0.413. The summed E-state index contributed by atoms with van der Waals surface area (Å²) in [5.41, 5.74) is 7.15. The molecule has 1 aromatic carbocycles. The molecule has 0 radical (unpaired) electrons. The standard InChI is InChI=1S/C11H17N3O/c1-2-13-7-8-14(9-15)11-5-3-10(12)4-6-11/h3-6,9,13H,2,7-8,12H2,1H3. The van der Waals surface area contributed by atoms with Gasteiger partial charge in [0.15, 0.2) is 0 Å². The van der Waals surface area contributed by atoms with Crippen molar-refractivity contribution in [2.45, 2.75) is 6.92 Å². The topological polar surface area (TPSA) is 58.4 Å². The van der Waals surface area contributed by atoms with E-state index in [0.717, 1.165) is 25.2 Å². The van der Waals surface area contributed by atoms with Gasteiger partial charge in [0, 0.05) is 24.5 Å². The van der Waals surface area contributed by atoms with E-state index in [1.807, 2.05) is 19.1 Å². The largest absolute Gasteiger partial charge is 0.399 e. The third-order valence-electron chi connectivity index (χ3n) is 2.13. The average molecular weight is 207 g/mol. The van der Waals surface area contributed by atoms with E-state index in [-0.39, 0.29) is 0 Å². The van der Waals surface area contributed by atoms with Crippen molar-refractivity contribution in [3.63, 3.8) is 0 Å². The molecule has 4 heteroatoms. The number of anilines is 2. The van der Waals surface area contributed by atoms with Crippen molar-refractivity contribution in [1.29, 1.82) is 0 Å². The van der Waals surface area contributed by atoms with E-state index in [2.05, 4.69) is 5.32 Å². The van der Waals surface area contributed by atoms with Crippen LogP contribution in [0, 0.1) is 0 Å². The first-order chi connectivity index (χ1) is 7.27. The molecule has 0 spiro atoms. The maximum absolute atomic E-state index is 10.9. The van der Waals surface area contributed by atoms with E-state index in [1.165, 1.54) is 0 Å². The Kier molecular flexibility index (Phi) is 4.63. The van der Waals surface area contributed by atoms with Crippen LogP contribution in [0.5, 0.6) is 0 Å². The Balaban J connectivity index is 2.57. The maximum Gasteiger partial charge on any atom is 0.214 e. The maximum atomic E-state index is 10.9. The Hall–Kier alpha value is -1.55. The Bertz CT molecular complexity index is 297. The fourth-order valence-corrected chi connectivity index (χ4v) is 1.28. The molecule has 15 heavy (non-hydrogen) atoms. The molecular weight excluding hydrogens is 190 g/mol. The summed E-state index contributed by atoms with van der Waals surface area (Å²) >= 11 is 0. The second-order valence-electron chi connectivity index (χ2n) is 3.24. The van der Waals surface area contributed by atoms with Crippen LogP contribution in [0.1, 0.15) is 6.92 Å². The van der Waals surface area contributed by atoms with Gasteiger partial charge in [0.25, 0.3) is 0 Å². The molecule has 0 aromatic heterocycles. The third-order valence-corrected chi connectivity index (χ3v) is 2.13. The SMILES string of the molecule is CCNCCN(C=O)c1ccc(N)cc1. The van der Waals surface area contributed by atoms with E-state index in [9.17, 15) is 4.79 Å². The Morgan fingerprint density at radius 3 is 2.60 bits per heavy atom. The number of nitrogens with one attached hydrogen (secondary N) is 1. The zero-order chi connectivity index (χ0) is 11.1. The number of carbonyl (C=O) groups excluding carboxylic acids is 1. The molecule has 0 aliphatic carbocycles. The molecule has 1 rings (SSSR count). The second-order valence-corrected chi connectivity index (χ2v) is 3.24. The van der Waals surface area contributed by atoms with Gasteiger partial charge in [-0.2, -0.15) is 0 Å². The summed E-state index contributed by atoms with van der Waals surface area (Å²) in [6, 6.07) is 7.27. The van der Waals surface area contributed by atoms with Crippen molar-refractivity contribution < 1.29 is 4.79 Å². The lowest BCUT2D eigenvalue weighted by Crippen LogP contribution is -2.30. The lowest BCUT2D eigenvalue weighted by Gasteiger charge is -2.17. The van der Waals surface area contributed by atoms with Crippen LogP contribution in [0.3, 0.4) is 0 Å². The van der Waals surface area contributed by atoms with Gasteiger partial charge in [-0.1, -0.05) is 6.92 Å². The number of benzene rings is 1. The van der Waals surface area contributed by atoms with Crippen LogP contribution in [0.25, 0.3) is 0 Å². The van der Waals surface area contributed by atoms with Gasteiger partial charge in [0.05, 0.1) is 0 Å². The van der Waals surface area contributed by atoms with E-state index in [1.54, 1.807) is 17.0 Å². The molecule has 1 amide bonds. The van der Waals surface area contributed by atoms with Crippen molar-refractivity contribution in [2.24, 2.45) is 0 Å². The number of hydrogen-bond donors (Lipinski definition) is 2. The highest BCUT2D eigenvalue weighted by molar-refractivity contribution is 5.75. The molecule has 82 valence electrons. The van der Waals surface area contributed by atoms with Crippen molar-refractivity contribution in [3.8, 4) is 0 Å².